The van der Waals surface area contributed by atoms with E-state index in [2.05, 4.69) is 152 Å². The molecule has 2 saturated carbocycles. The third-order valence-electron chi connectivity index (χ3n) is 16.4. The summed E-state index contributed by atoms with van der Waals surface area (Å²) in [5.41, 5.74) is -0.368. The molecule has 6 N–H and O–H groups in total. The van der Waals surface area contributed by atoms with Crippen LogP contribution >= 0.6 is 0 Å². The number of aromatic nitrogens is 6. The fraction of sp³-hybridized carbons (Fsp3) is 0.831. The first-order valence-electron chi connectivity index (χ1n) is 29.3. The topological polar surface area (TPSA) is 156 Å². The molecule has 0 atom stereocenters. The third-order valence-corrected chi connectivity index (χ3v) is 16.4. The van der Waals surface area contributed by atoms with E-state index in [9.17, 15) is 0 Å². The van der Waals surface area contributed by atoms with Crippen molar-refractivity contribution in [2.75, 3.05) is 44.2 Å². The number of unbranched alkanes of at least 4 members (excludes halogenated alkanes) is 4. The number of rotatable bonds is 26. The first kappa shape index (κ1) is 58.5. The van der Waals surface area contributed by atoms with Crippen LogP contribution in [0.5, 0.6) is 0 Å². The maximum atomic E-state index is 5.33. The second kappa shape index (κ2) is 24.9. The molecule has 412 valence electrons. The minimum absolute atomic E-state index is 0.0198. The Labute approximate surface area is 445 Å². The Morgan fingerprint density at radius 3 is 1.14 bits per heavy atom. The molecule has 14 heteroatoms. The van der Waals surface area contributed by atoms with Crippen LogP contribution in [0.2, 0.25) is 0 Å². The summed E-state index contributed by atoms with van der Waals surface area (Å²) >= 11 is 0. The summed E-state index contributed by atoms with van der Waals surface area (Å²) in [6, 6.07) is 1.32. The van der Waals surface area contributed by atoms with Crippen LogP contribution in [-0.4, -0.2) is 100 Å². The lowest BCUT2D eigenvalue weighted by molar-refractivity contribution is 0.142. The summed E-state index contributed by atoms with van der Waals surface area (Å²) in [6.45, 7) is 41.7. The SMILES string of the molecule is C=CCNc1nc(NC(C)(C)CCCCC)nc(N(C2CCC(CC3CCC(N(c4nc(NCC=C)nc(NC(C)(C)CCCCC)n4)C4CC(C)(C)NC(C)(C)C4)CC3)CC2)C2CC(C)(C)NC(C)(C)C2)n1. The van der Waals surface area contributed by atoms with Gasteiger partial charge in [0, 0.05) is 70.5 Å². The lowest BCUT2D eigenvalue weighted by Gasteiger charge is -2.52. The molecule has 4 heterocycles. The molecular formula is C59H106N14. The van der Waals surface area contributed by atoms with Crippen LogP contribution in [0.25, 0.3) is 0 Å². The van der Waals surface area contributed by atoms with Crippen molar-refractivity contribution in [2.45, 2.75) is 289 Å². The first-order valence-corrected chi connectivity index (χ1v) is 29.3. The highest BCUT2D eigenvalue weighted by Crippen LogP contribution is 2.44. The van der Waals surface area contributed by atoms with Gasteiger partial charge in [-0.2, -0.15) is 29.9 Å². The fourth-order valence-corrected chi connectivity index (χ4v) is 13.9. The number of hydrogen-bond acceptors (Lipinski definition) is 14. The average molecular weight is 1010 g/mol. The monoisotopic (exact) mass is 1010 g/mol. The molecule has 0 aromatic carbocycles. The second-order valence-corrected chi connectivity index (χ2v) is 27.1. The molecule has 2 aliphatic heterocycles. The molecule has 2 aromatic heterocycles. The highest BCUT2D eigenvalue weighted by molar-refractivity contribution is 5.48. The largest absolute Gasteiger partial charge is 0.351 e. The molecule has 14 nitrogen and oxygen atoms in total. The zero-order valence-electron chi connectivity index (χ0n) is 48.9. The van der Waals surface area contributed by atoms with Gasteiger partial charge in [-0.25, -0.2) is 0 Å². The van der Waals surface area contributed by atoms with Gasteiger partial charge in [0.05, 0.1) is 0 Å². The maximum Gasteiger partial charge on any atom is 0.232 e. The van der Waals surface area contributed by atoms with Crippen LogP contribution in [0.15, 0.2) is 25.3 Å². The van der Waals surface area contributed by atoms with Crippen molar-refractivity contribution >= 4 is 35.7 Å². The highest BCUT2D eigenvalue weighted by Gasteiger charge is 2.46. The van der Waals surface area contributed by atoms with Gasteiger partial charge in [0.2, 0.25) is 35.7 Å². The molecule has 0 radical (unpaired) electrons. The van der Waals surface area contributed by atoms with Crippen molar-refractivity contribution in [3.05, 3.63) is 25.3 Å². The van der Waals surface area contributed by atoms with E-state index in [4.69, 9.17) is 29.9 Å². The highest BCUT2D eigenvalue weighted by atomic mass is 15.4. The van der Waals surface area contributed by atoms with E-state index in [1.807, 2.05) is 12.2 Å². The predicted octanol–water partition coefficient (Wildman–Crippen LogP) is 13.2. The molecule has 0 unspecified atom stereocenters. The molecule has 0 bridgehead atoms. The van der Waals surface area contributed by atoms with E-state index in [1.54, 1.807) is 0 Å². The van der Waals surface area contributed by atoms with Crippen molar-refractivity contribution in [1.82, 2.24) is 40.5 Å². The van der Waals surface area contributed by atoms with Crippen molar-refractivity contribution in [1.29, 1.82) is 0 Å². The van der Waals surface area contributed by atoms with Crippen LogP contribution < -0.4 is 41.7 Å². The van der Waals surface area contributed by atoms with Gasteiger partial charge in [-0.05, 0) is 191 Å². The number of hydrogen-bond donors (Lipinski definition) is 6. The van der Waals surface area contributed by atoms with Gasteiger partial charge in [-0.3, -0.25) is 0 Å². The van der Waals surface area contributed by atoms with Crippen LogP contribution in [0.1, 0.15) is 232 Å². The quantitative estimate of drug-likeness (QED) is 0.0391. The van der Waals surface area contributed by atoms with E-state index < -0.39 is 0 Å². The van der Waals surface area contributed by atoms with Crippen molar-refractivity contribution in [3.63, 3.8) is 0 Å². The second-order valence-electron chi connectivity index (χ2n) is 27.1. The van der Waals surface area contributed by atoms with E-state index in [1.165, 1.54) is 70.6 Å². The molecular weight excluding hydrogens is 905 g/mol. The summed E-state index contributed by atoms with van der Waals surface area (Å²) in [6.07, 6.45) is 28.1. The Bertz CT molecular complexity index is 1870. The van der Waals surface area contributed by atoms with Crippen molar-refractivity contribution < 1.29 is 0 Å². The van der Waals surface area contributed by atoms with E-state index in [0.717, 1.165) is 87.9 Å². The number of anilines is 6. The van der Waals surface area contributed by atoms with E-state index in [-0.39, 0.29) is 33.2 Å². The van der Waals surface area contributed by atoms with Gasteiger partial charge in [0.15, 0.2) is 0 Å². The summed E-state index contributed by atoms with van der Waals surface area (Å²) in [5, 5.41) is 22.3. The van der Waals surface area contributed by atoms with E-state index >= 15 is 0 Å². The Kier molecular flexibility index (Phi) is 20.0. The van der Waals surface area contributed by atoms with Gasteiger partial charge in [0.25, 0.3) is 0 Å². The number of nitrogens with zero attached hydrogens (tertiary/aromatic N) is 8. The van der Waals surface area contributed by atoms with Gasteiger partial charge < -0.3 is 41.7 Å². The molecule has 2 aromatic rings. The Hall–Kier alpha value is -3.78. The molecule has 2 aliphatic carbocycles. The molecule has 6 rings (SSSR count). The average Bonchev–Trinajstić information content (AvgIpc) is 3.26. The standard InChI is InChI=1S/C59H106N14/c1-17-21-23-33-54(5,6)68-50-62-48(60-35-19-3)64-52(66-50)72(46-38-56(9,10)70-57(11,12)39-46)44-29-25-42(26-30-44)37-43-27-31-45(32-28-43)73(47-40-58(13,14)71-59(15,16)41-47)53-65-49(61-36-20-4)63-51(67-53)69-55(7,8)34-24-22-18-2/h19-20,42-47,70-71H,3-4,17-18,21-41H2,1-2,5-16H3,(H2,60,62,64,66,68)(H2,61,63,65,67,69). The van der Waals surface area contributed by atoms with Gasteiger partial charge in [-0.1, -0.05) is 64.5 Å². The Morgan fingerprint density at radius 2 is 0.822 bits per heavy atom. The molecule has 0 amide bonds. The van der Waals surface area contributed by atoms with Gasteiger partial charge in [-0.15, -0.1) is 13.2 Å². The van der Waals surface area contributed by atoms with E-state index in [0.29, 0.717) is 61.1 Å². The molecule has 73 heavy (non-hydrogen) atoms. The smallest absolute Gasteiger partial charge is 0.232 e. The van der Waals surface area contributed by atoms with Crippen LogP contribution in [0, 0.1) is 11.8 Å². The lowest BCUT2D eigenvalue weighted by atomic mass is 9.73. The normalized spacial score (nSPS) is 24.3. The van der Waals surface area contributed by atoms with Gasteiger partial charge >= 0.3 is 0 Å². The number of nitrogens with one attached hydrogen (secondary N) is 6. The molecule has 4 fully saturated rings. The minimum Gasteiger partial charge on any atom is -0.351 e. The van der Waals surface area contributed by atoms with Gasteiger partial charge in [0.1, 0.15) is 0 Å². The fourth-order valence-electron chi connectivity index (χ4n) is 13.9. The first-order chi connectivity index (χ1) is 34.3. The summed E-state index contributed by atoms with van der Waals surface area (Å²) in [4.78, 5) is 36.4. The van der Waals surface area contributed by atoms with Crippen LogP contribution in [0.3, 0.4) is 0 Å². The summed E-state index contributed by atoms with van der Waals surface area (Å²) in [5.74, 6) is 5.60. The number of piperidine rings is 2. The molecule has 4 aliphatic rings. The maximum absolute atomic E-state index is 5.33. The Morgan fingerprint density at radius 1 is 0.493 bits per heavy atom. The third kappa shape index (κ3) is 17.6. The minimum atomic E-state index is -0.144. The molecule has 2 saturated heterocycles. The Balaban J connectivity index is 1.21. The summed E-state index contributed by atoms with van der Waals surface area (Å²) in [7, 11) is 0. The van der Waals surface area contributed by atoms with Crippen LogP contribution in [-0.2, 0) is 0 Å². The van der Waals surface area contributed by atoms with Crippen LogP contribution in [0.4, 0.5) is 35.7 Å². The zero-order valence-corrected chi connectivity index (χ0v) is 48.9. The molecule has 0 spiro atoms. The zero-order chi connectivity index (χ0) is 53.2. The predicted molar refractivity (Wildman–Crippen MR) is 310 cm³/mol. The van der Waals surface area contributed by atoms with Crippen molar-refractivity contribution in [3.8, 4) is 0 Å². The lowest BCUT2D eigenvalue weighted by Crippen LogP contribution is -2.63. The summed E-state index contributed by atoms with van der Waals surface area (Å²) < 4.78 is 0. The van der Waals surface area contributed by atoms with Crippen molar-refractivity contribution in [2.24, 2.45) is 11.8 Å².